The zero-order valence-electron chi connectivity index (χ0n) is 10.8. The van der Waals surface area contributed by atoms with Crippen LogP contribution in [0.5, 0.6) is 0 Å². The van der Waals surface area contributed by atoms with Crippen LogP contribution in [0.1, 0.15) is 21.7 Å². The average molecular weight is 289 g/mol. The molecule has 0 saturated heterocycles. The van der Waals surface area contributed by atoms with Crippen molar-refractivity contribution < 1.29 is 9.21 Å². The largest absolute Gasteiger partial charge is 0.465 e. The molecule has 1 aromatic carbocycles. The summed E-state index contributed by atoms with van der Waals surface area (Å²) in [6.07, 6.45) is 6.45. The molecule has 0 fully saturated rings. The van der Waals surface area contributed by atoms with Crippen molar-refractivity contribution in [1.82, 2.24) is 5.43 Å². The molecule has 0 aliphatic rings. The van der Waals surface area contributed by atoms with Gasteiger partial charge in [0.05, 0.1) is 6.26 Å². The molecule has 2 rings (SSSR count). The van der Waals surface area contributed by atoms with Crippen LogP contribution in [0, 0.1) is 6.92 Å². The summed E-state index contributed by atoms with van der Waals surface area (Å²) < 4.78 is 5.10. The molecule has 4 nitrogen and oxygen atoms in total. The van der Waals surface area contributed by atoms with Gasteiger partial charge in [0.15, 0.2) is 0 Å². The Morgan fingerprint density at radius 1 is 1.40 bits per heavy atom. The molecule has 2 aromatic rings. The van der Waals surface area contributed by atoms with E-state index in [4.69, 9.17) is 16.0 Å². The van der Waals surface area contributed by atoms with Gasteiger partial charge in [-0.05, 0) is 48.9 Å². The minimum Gasteiger partial charge on any atom is -0.465 e. The molecule has 0 aliphatic carbocycles. The number of halogens is 1. The number of nitrogens with one attached hydrogen (secondary N) is 1. The maximum Gasteiger partial charge on any atom is 0.271 e. The maximum atomic E-state index is 11.8. The Morgan fingerprint density at radius 2 is 2.25 bits per heavy atom. The van der Waals surface area contributed by atoms with E-state index in [0.717, 1.165) is 5.56 Å². The topological polar surface area (TPSA) is 54.6 Å². The van der Waals surface area contributed by atoms with Crippen molar-refractivity contribution in [2.75, 3.05) is 0 Å². The Balaban J connectivity index is 1.90. The van der Waals surface area contributed by atoms with Gasteiger partial charge in [-0.1, -0.05) is 17.7 Å². The molecule has 1 heterocycles. The first-order valence-corrected chi connectivity index (χ1v) is 6.34. The van der Waals surface area contributed by atoms with Crippen LogP contribution >= 0.6 is 11.6 Å². The molecule has 0 spiro atoms. The van der Waals surface area contributed by atoms with Crippen LogP contribution in [0.3, 0.4) is 0 Å². The molecular formula is C15H13ClN2O2. The third-order valence-electron chi connectivity index (χ3n) is 2.56. The van der Waals surface area contributed by atoms with E-state index in [1.807, 2.05) is 13.0 Å². The van der Waals surface area contributed by atoms with Crippen LogP contribution in [0.15, 0.2) is 52.2 Å². The van der Waals surface area contributed by atoms with Gasteiger partial charge in [-0.25, -0.2) is 5.43 Å². The van der Waals surface area contributed by atoms with Crippen molar-refractivity contribution in [2.45, 2.75) is 6.92 Å². The first-order chi connectivity index (χ1) is 9.66. The minimum absolute atomic E-state index is 0.311. The van der Waals surface area contributed by atoms with Crippen molar-refractivity contribution in [3.05, 3.63) is 64.6 Å². The maximum absolute atomic E-state index is 11.8. The smallest absolute Gasteiger partial charge is 0.271 e. The van der Waals surface area contributed by atoms with E-state index in [0.29, 0.717) is 16.3 Å². The minimum atomic E-state index is -0.311. The van der Waals surface area contributed by atoms with E-state index < -0.39 is 0 Å². The zero-order valence-corrected chi connectivity index (χ0v) is 11.6. The molecule has 0 radical (unpaired) electrons. The number of rotatable bonds is 4. The molecule has 102 valence electrons. The molecule has 0 aliphatic heterocycles. The molecule has 0 saturated carbocycles. The van der Waals surface area contributed by atoms with E-state index in [2.05, 4.69) is 10.5 Å². The van der Waals surface area contributed by atoms with Crippen molar-refractivity contribution in [2.24, 2.45) is 5.10 Å². The Hall–Kier alpha value is -2.33. The van der Waals surface area contributed by atoms with E-state index in [1.165, 1.54) is 6.21 Å². The second kappa shape index (κ2) is 6.73. The fraction of sp³-hybridized carbons (Fsp3) is 0.0667. The predicted molar refractivity (Wildman–Crippen MR) is 79.9 cm³/mol. The van der Waals surface area contributed by atoms with Crippen LogP contribution in [-0.2, 0) is 0 Å². The highest BCUT2D eigenvalue weighted by atomic mass is 35.5. The summed E-state index contributed by atoms with van der Waals surface area (Å²) in [4.78, 5) is 11.8. The number of amides is 1. The van der Waals surface area contributed by atoms with Gasteiger partial charge >= 0.3 is 0 Å². The highest BCUT2D eigenvalue weighted by Gasteiger charge is 2.05. The van der Waals surface area contributed by atoms with Gasteiger partial charge in [0.25, 0.3) is 5.91 Å². The number of allylic oxidation sites excluding steroid dienone is 1. The van der Waals surface area contributed by atoms with Crippen LogP contribution < -0.4 is 5.43 Å². The van der Waals surface area contributed by atoms with E-state index in [1.54, 1.807) is 42.7 Å². The Morgan fingerprint density at radius 3 is 2.95 bits per heavy atom. The number of hydrazone groups is 1. The van der Waals surface area contributed by atoms with Crippen LogP contribution in [0.25, 0.3) is 6.08 Å². The normalized spacial score (nSPS) is 11.3. The second-order valence-corrected chi connectivity index (χ2v) is 4.46. The third kappa shape index (κ3) is 3.83. The van der Waals surface area contributed by atoms with E-state index in [-0.39, 0.29) is 5.91 Å². The molecule has 0 bridgehead atoms. The summed E-state index contributed by atoms with van der Waals surface area (Å²) in [6.45, 7) is 1.88. The number of carbonyl (C=O) groups excluding carboxylic acids is 1. The van der Waals surface area contributed by atoms with Crippen molar-refractivity contribution >= 4 is 29.8 Å². The lowest BCUT2D eigenvalue weighted by Gasteiger charge is -2.02. The fourth-order valence-electron chi connectivity index (χ4n) is 1.46. The quantitative estimate of drug-likeness (QED) is 0.689. The summed E-state index contributed by atoms with van der Waals surface area (Å²) in [5.41, 5.74) is 3.81. The Kier molecular flexibility index (Phi) is 4.74. The predicted octanol–water partition coefficient (Wildman–Crippen LogP) is 3.67. The number of nitrogens with zero attached hydrogens (tertiary/aromatic N) is 1. The third-order valence-corrected chi connectivity index (χ3v) is 2.97. The summed E-state index contributed by atoms with van der Waals surface area (Å²) in [7, 11) is 0. The van der Waals surface area contributed by atoms with Crippen LogP contribution in [-0.4, -0.2) is 12.1 Å². The van der Waals surface area contributed by atoms with Gasteiger partial charge in [0.2, 0.25) is 0 Å². The Labute approximate surface area is 121 Å². The van der Waals surface area contributed by atoms with Crippen molar-refractivity contribution in [1.29, 1.82) is 0 Å². The number of hydrogen-bond acceptors (Lipinski definition) is 3. The molecule has 0 unspecified atom stereocenters. The van der Waals surface area contributed by atoms with Gasteiger partial charge in [0.1, 0.15) is 5.76 Å². The first-order valence-electron chi connectivity index (χ1n) is 5.96. The molecule has 1 aromatic heterocycles. The molecule has 5 heteroatoms. The monoisotopic (exact) mass is 288 g/mol. The summed E-state index contributed by atoms with van der Waals surface area (Å²) in [5, 5.41) is 4.36. The lowest BCUT2D eigenvalue weighted by molar-refractivity contribution is 0.0955. The van der Waals surface area contributed by atoms with E-state index in [9.17, 15) is 4.79 Å². The lowest BCUT2D eigenvalue weighted by Crippen LogP contribution is -2.17. The molecule has 1 amide bonds. The summed E-state index contributed by atoms with van der Waals surface area (Å²) in [5.74, 6) is 0.405. The molecule has 0 atom stereocenters. The Bertz CT molecular complexity index is 646. The van der Waals surface area contributed by atoms with Gasteiger partial charge in [-0.15, -0.1) is 0 Å². The van der Waals surface area contributed by atoms with Crippen LogP contribution in [0.4, 0.5) is 0 Å². The highest BCUT2D eigenvalue weighted by Crippen LogP contribution is 2.16. The number of aryl methyl sites for hydroxylation is 1. The molecule has 1 N–H and O–H groups in total. The second-order valence-electron chi connectivity index (χ2n) is 4.06. The van der Waals surface area contributed by atoms with E-state index >= 15 is 0 Å². The average Bonchev–Trinajstić information content (AvgIpc) is 2.94. The summed E-state index contributed by atoms with van der Waals surface area (Å²) in [6, 6.07) is 8.71. The summed E-state index contributed by atoms with van der Waals surface area (Å²) >= 11 is 5.96. The number of hydrogen-bond donors (Lipinski definition) is 1. The fourth-order valence-corrected chi connectivity index (χ4v) is 1.64. The zero-order chi connectivity index (χ0) is 14.4. The molecular weight excluding hydrogens is 276 g/mol. The SMILES string of the molecule is Cc1ccc(C(=O)N/N=C\C=C\c2ccco2)cc1Cl. The van der Waals surface area contributed by atoms with Crippen molar-refractivity contribution in [3.8, 4) is 0 Å². The van der Waals surface area contributed by atoms with Crippen molar-refractivity contribution in [3.63, 3.8) is 0 Å². The van der Waals surface area contributed by atoms with Gasteiger partial charge in [-0.2, -0.15) is 5.10 Å². The highest BCUT2D eigenvalue weighted by molar-refractivity contribution is 6.31. The van der Waals surface area contributed by atoms with Gasteiger partial charge in [0, 0.05) is 16.8 Å². The van der Waals surface area contributed by atoms with Gasteiger partial charge < -0.3 is 4.42 Å². The molecule has 20 heavy (non-hydrogen) atoms. The number of furan rings is 1. The number of benzene rings is 1. The lowest BCUT2D eigenvalue weighted by atomic mass is 10.1. The first kappa shape index (κ1) is 14.1. The number of carbonyl (C=O) groups is 1. The van der Waals surface area contributed by atoms with Gasteiger partial charge in [-0.3, -0.25) is 4.79 Å². The van der Waals surface area contributed by atoms with Crippen LogP contribution in [0.2, 0.25) is 5.02 Å². The standard InChI is InChI=1S/C15H13ClN2O2/c1-11-6-7-12(10-14(11)16)15(19)18-17-8-2-4-13-5-3-9-20-13/h2-10H,1H3,(H,18,19)/b4-2+,17-8-.